The van der Waals surface area contributed by atoms with E-state index in [1.54, 1.807) is 33.8 Å². The Bertz CT molecular complexity index is 1730. The molecule has 5 rings (SSSR count). The van der Waals surface area contributed by atoms with Crippen LogP contribution < -0.4 is 4.74 Å². The minimum atomic E-state index is -0.536. The zero-order valence-corrected chi connectivity index (χ0v) is 28.6. The van der Waals surface area contributed by atoms with Crippen LogP contribution in [0.25, 0.3) is 5.69 Å². The van der Waals surface area contributed by atoms with Crippen molar-refractivity contribution < 1.29 is 29.0 Å². The number of aryl methyl sites for hydroxylation is 1. The van der Waals surface area contributed by atoms with Crippen molar-refractivity contribution in [3.63, 3.8) is 0 Å². The van der Waals surface area contributed by atoms with Gasteiger partial charge >= 0.3 is 5.97 Å². The van der Waals surface area contributed by atoms with Crippen molar-refractivity contribution in [1.82, 2.24) is 19.6 Å². The van der Waals surface area contributed by atoms with Gasteiger partial charge in [0.1, 0.15) is 12.4 Å². The highest BCUT2D eigenvalue weighted by molar-refractivity contribution is 5.98. The maximum absolute atomic E-state index is 14.4. The molecule has 0 bridgehead atoms. The van der Waals surface area contributed by atoms with Crippen LogP contribution in [0.4, 0.5) is 0 Å². The predicted molar refractivity (Wildman–Crippen MR) is 187 cm³/mol. The van der Waals surface area contributed by atoms with Gasteiger partial charge in [0.05, 0.1) is 23.9 Å². The molecule has 3 aromatic carbocycles. The molecule has 1 aliphatic rings. The summed E-state index contributed by atoms with van der Waals surface area (Å²) in [5.41, 5.74) is 4.68. The fourth-order valence-electron chi connectivity index (χ4n) is 6.02. The number of benzene rings is 3. The third-order valence-corrected chi connectivity index (χ3v) is 8.81. The Labute approximate surface area is 288 Å². The summed E-state index contributed by atoms with van der Waals surface area (Å²) in [6, 6.07) is 23.6. The summed E-state index contributed by atoms with van der Waals surface area (Å²) in [6.07, 6.45) is 4.26. The molecule has 10 nitrogen and oxygen atoms in total. The van der Waals surface area contributed by atoms with E-state index in [0.717, 1.165) is 42.4 Å². The van der Waals surface area contributed by atoms with Crippen LogP contribution in [-0.4, -0.2) is 74.8 Å². The number of fused-ring (bicyclic) bond motifs is 1. The van der Waals surface area contributed by atoms with Gasteiger partial charge in [0, 0.05) is 31.4 Å². The molecule has 1 N–H and O–H groups in total. The van der Waals surface area contributed by atoms with E-state index < -0.39 is 12.0 Å². The van der Waals surface area contributed by atoms with E-state index in [4.69, 9.17) is 14.6 Å². The number of hydrogen-bond acceptors (Lipinski definition) is 7. The number of rotatable bonds is 15. The van der Waals surface area contributed by atoms with Crippen molar-refractivity contribution >= 4 is 17.8 Å². The third kappa shape index (κ3) is 8.75. The second kappa shape index (κ2) is 16.9. The molecule has 1 atom stereocenters. The van der Waals surface area contributed by atoms with Gasteiger partial charge in [-0.2, -0.15) is 5.10 Å². The lowest BCUT2D eigenvalue weighted by molar-refractivity contribution is -0.147. The molecule has 1 unspecified atom stereocenters. The number of carbonyl (C=O) groups is 3. The quantitative estimate of drug-likeness (QED) is 0.157. The number of hydrogen-bond donors (Lipinski definition) is 1. The number of aliphatic hydroxyl groups excluding tert-OH is 1. The van der Waals surface area contributed by atoms with E-state index in [-0.39, 0.29) is 31.6 Å². The van der Waals surface area contributed by atoms with Gasteiger partial charge in [0.2, 0.25) is 0 Å². The summed E-state index contributed by atoms with van der Waals surface area (Å²) < 4.78 is 12.8. The fourth-order valence-corrected chi connectivity index (χ4v) is 6.02. The van der Waals surface area contributed by atoms with E-state index >= 15 is 0 Å². The number of nitrogens with zero attached hydrogens (tertiary/aromatic N) is 4. The second-order valence-corrected chi connectivity index (χ2v) is 12.4. The van der Waals surface area contributed by atoms with E-state index in [0.29, 0.717) is 54.4 Å². The molecule has 0 aliphatic carbocycles. The Kier molecular flexibility index (Phi) is 12.2. The largest absolute Gasteiger partial charge is 0.482 e. The molecule has 1 aromatic heterocycles. The summed E-state index contributed by atoms with van der Waals surface area (Å²) in [5, 5.41) is 15.1. The maximum Gasteiger partial charge on any atom is 0.344 e. The van der Waals surface area contributed by atoms with Crippen LogP contribution in [0.15, 0.2) is 78.9 Å². The number of ether oxygens (including phenoxy) is 2. The summed E-state index contributed by atoms with van der Waals surface area (Å²) in [6.45, 7) is 7.28. The van der Waals surface area contributed by atoms with Crippen molar-refractivity contribution in [2.24, 2.45) is 0 Å². The van der Waals surface area contributed by atoms with E-state index in [1.807, 2.05) is 66.4 Å². The van der Waals surface area contributed by atoms with Crippen LogP contribution in [-0.2, 0) is 29.1 Å². The lowest BCUT2D eigenvalue weighted by atomic mass is 9.93. The van der Waals surface area contributed by atoms with Gasteiger partial charge in [0.25, 0.3) is 11.8 Å². The van der Waals surface area contributed by atoms with Crippen LogP contribution in [0, 0.1) is 6.92 Å². The molecular weight excluding hydrogens is 620 g/mol. The molecule has 258 valence electrons. The maximum atomic E-state index is 14.4. The monoisotopic (exact) mass is 666 g/mol. The highest BCUT2D eigenvalue weighted by atomic mass is 16.6. The zero-order chi connectivity index (χ0) is 34.8. The topological polar surface area (TPSA) is 114 Å². The average molecular weight is 667 g/mol. The Morgan fingerprint density at radius 1 is 0.918 bits per heavy atom. The van der Waals surface area contributed by atoms with E-state index in [2.05, 4.69) is 13.8 Å². The van der Waals surface area contributed by atoms with Crippen LogP contribution in [0.5, 0.6) is 5.75 Å². The number of esters is 1. The first kappa shape index (κ1) is 35.3. The van der Waals surface area contributed by atoms with Crippen molar-refractivity contribution in [2.45, 2.75) is 72.1 Å². The molecule has 0 radical (unpaired) electrons. The molecule has 0 saturated carbocycles. The standard InChI is InChI=1S/C39H46N4O6/c1-4-6-19-41(20-7-5-2)39(47)35-21-28(3)43(40-35)36-23-33(48-27-37(45)49-26-29-13-9-8-10-14-29)17-18-34(36)38(46)42-24-31-16-12-11-15-30(31)22-32(42)25-44/h8-18,21,23,32,44H,4-7,19-20,22,24-27H2,1-3H3. The molecule has 0 spiro atoms. The number of amides is 2. The van der Waals surface area contributed by atoms with Crippen molar-refractivity contribution in [1.29, 1.82) is 0 Å². The van der Waals surface area contributed by atoms with Crippen molar-refractivity contribution in [3.8, 4) is 11.4 Å². The summed E-state index contributed by atoms with van der Waals surface area (Å²) in [4.78, 5) is 44.1. The minimum Gasteiger partial charge on any atom is -0.482 e. The Hall–Kier alpha value is -4.96. The molecule has 1 aliphatic heterocycles. The average Bonchev–Trinajstić information content (AvgIpc) is 3.53. The summed E-state index contributed by atoms with van der Waals surface area (Å²) in [7, 11) is 0. The molecule has 2 heterocycles. The van der Waals surface area contributed by atoms with Gasteiger partial charge in [-0.3, -0.25) is 9.59 Å². The normalized spacial score (nSPS) is 13.9. The predicted octanol–water partition coefficient (Wildman–Crippen LogP) is 5.90. The van der Waals surface area contributed by atoms with E-state index in [1.165, 1.54) is 0 Å². The summed E-state index contributed by atoms with van der Waals surface area (Å²) in [5.74, 6) is -0.641. The first-order chi connectivity index (χ1) is 23.8. The van der Waals surface area contributed by atoms with E-state index in [9.17, 15) is 19.5 Å². The molecule has 0 saturated heterocycles. The van der Waals surface area contributed by atoms with Crippen molar-refractivity contribution in [3.05, 3.63) is 113 Å². The number of aliphatic hydroxyl groups is 1. The lowest BCUT2D eigenvalue weighted by Crippen LogP contribution is -2.46. The highest BCUT2D eigenvalue weighted by Gasteiger charge is 2.32. The van der Waals surface area contributed by atoms with Gasteiger partial charge in [0.15, 0.2) is 12.3 Å². The first-order valence-electron chi connectivity index (χ1n) is 17.1. The molecule has 0 fully saturated rings. The van der Waals surface area contributed by atoms with Crippen LogP contribution in [0.3, 0.4) is 0 Å². The minimum absolute atomic E-state index is 0.128. The smallest absolute Gasteiger partial charge is 0.344 e. The molecule has 2 amide bonds. The van der Waals surface area contributed by atoms with Crippen molar-refractivity contribution in [2.75, 3.05) is 26.3 Å². The number of carbonyl (C=O) groups excluding carboxylic acids is 3. The Morgan fingerprint density at radius 3 is 2.31 bits per heavy atom. The molecular formula is C39H46N4O6. The SMILES string of the molecule is CCCCN(CCCC)C(=O)c1cc(C)n(-c2cc(OCC(=O)OCc3ccccc3)ccc2C(=O)N2Cc3ccccc3CC2CO)n1. The molecule has 49 heavy (non-hydrogen) atoms. The second-order valence-electron chi connectivity index (χ2n) is 12.4. The van der Waals surface area contributed by atoms with Crippen LogP contribution >= 0.6 is 0 Å². The van der Waals surface area contributed by atoms with Gasteiger partial charge in [-0.15, -0.1) is 0 Å². The number of aromatic nitrogens is 2. The fraction of sp³-hybridized carbons (Fsp3) is 0.385. The molecule has 10 heteroatoms. The highest BCUT2D eigenvalue weighted by Crippen LogP contribution is 2.29. The third-order valence-electron chi connectivity index (χ3n) is 8.81. The number of unbranched alkanes of at least 4 members (excludes halogenated alkanes) is 2. The van der Waals surface area contributed by atoms with Gasteiger partial charge < -0.3 is 24.4 Å². The van der Waals surface area contributed by atoms with Gasteiger partial charge in [-0.25, -0.2) is 9.48 Å². The first-order valence-corrected chi connectivity index (χ1v) is 17.1. The zero-order valence-electron chi connectivity index (χ0n) is 28.6. The van der Waals surface area contributed by atoms with Gasteiger partial charge in [-0.1, -0.05) is 81.3 Å². The van der Waals surface area contributed by atoms with Crippen LogP contribution in [0.2, 0.25) is 0 Å². The molecule has 4 aromatic rings. The van der Waals surface area contributed by atoms with Crippen LogP contribution in [0.1, 0.15) is 82.8 Å². The Morgan fingerprint density at radius 2 is 1.61 bits per heavy atom. The summed E-state index contributed by atoms with van der Waals surface area (Å²) >= 11 is 0. The van der Waals surface area contributed by atoms with Gasteiger partial charge in [-0.05, 0) is 61.1 Å². The lowest BCUT2D eigenvalue weighted by Gasteiger charge is -2.36. The Balaban J connectivity index is 1.45.